The van der Waals surface area contributed by atoms with Crippen molar-refractivity contribution < 1.29 is 0 Å². The van der Waals surface area contributed by atoms with Gasteiger partial charge in [0, 0.05) is 5.41 Å². The predicted molar refractivity (Wildman–Crippen MR) is 133 cm³/mol. The largest absolute Gasteiger partial charge is 0.103 e. The molecule has 0 aromatic heterocycles. The van der Waals surface area contributed by atoms with Crippen molar-refractivity contribution in [3.63, 3.8) is 0 Å². The minimum Gasteiger partial charge on any atom is -0.103 e. The van der Waals surface area contributed by atoms with Gasteiger partial charge in [0.1, 0.15) is 0 Å². The highest BCUT2D eigenvalue weighted by atomic mass is 14.6. The van der Waals surface area contributed by atoms with Crippen LogP contribution < -0.4 is 0 Å². The normalized spacial score (nSPS) is 35.3. The van der Waals surface area contributed by atoms with Gasteiger partial charge in [-0.2, -0.15) is 0 Å². The third-order valence-electron chi connectivity index (χ3n) is 10.5. The van der Waals surface area contributed by atoms with Crippen molar-refractivity contribution in [3.05, 3.63) is 48.6 Å². The van der Waals surface area contributed by atoms with Gasteiger partial charge >= 0.3 is 0 Å². The summed E-state index contributed by atoms with van der Waals surface area (Å²) in [6, 6.07) is 12.1. The molecule has 1 aromatic rings. The van der Waals surface area contributed by atoms with Crippen LogP contribution in [-0.4, -0.2) is 0 Å². The highest BCUT2D eigenvalue weighted by molar-refractivity contribution is 5.31. The van der Waals surface area contributed by atoms with Gasteiger partial charge in [0.25, 0.3) is 0 Å². The van der Waals surface area contributed by atoms with E-state index < -0.39 is 0 Å². The van der Waals surface area contributed by atoms with Gasteiger partial charge in [0.2, 0.25) is 0 Å². The number of fused-ring (bicyclic) bond motifs is 3. The second kappa shape index (κ2) is 9.84. The molecule has 0 bridgehead atoms. The number of allylic oxidation sites excluding steroid dienone is 1. The van der Waals surface area contributed by atoms with Gasteiger partial charge in [0.05, 0.1) is 0 Å². The second-order valence-electron chi connectivity index (χ2n) is 11.7. The topological polar surface area (TPSA) is 0 Å². The molecule has 0 N–H and O–H groups in total. The zero-order valence-electron chi connectivity index (χ0n) is 19.9. The van der Waals surface area contributed by atoms with E-state index in [0.29, 0.717) is 5.41 Å². The van der Waals surface area contributed by atoms with E-state index in [4.69, 9.17) is 0 Å². The Balaban J connectivity index is 1.60. The number of hydrogen-bond acceptors (Lipinski definition) is 0. The van der Waals surface area contributed by atoms with Gasteiger partial charge in [-0.3, -0.25) is 0 Å². The summed E-state index contributed by atoms with van der Waals surface area (Å²) in [7, 11) is 0. The molecule has 5 rings (SSSR count). The first kappa shape index (κ1) is 21.8. The molecule has 4 saturated carbocycles. The number of rotatable bonds is 8. The number of benzene rings is 1. The molecule has 0 aliphatic heterocycles. The minimum atomic E-state index is 0.440. The molecule has 4 aliphatic rings. The van der Waals surface area contributed by atoms with E-state index >= 15 is 0 Å². The molecular weight excluding hydrogens is 372 g/mol. The maximum absolute atomic E-state index is 4.02. The SMILES string of the molecule is C=CCCCC[C@@](c1ccccc1)(C1CCCC1)C1C2CCCCC2C2CCCCC21. The Kier molecular flexibility index (Phi) is 6.92. The average Bonchev–Trinajstić information content (AvgIpc) is 3.48. The van der Waals surface area contributed by atoms with Gasteiger partial charge in [-0.25, -0.2) is 0 Å². The van der Waals surface area contributed by atoms with E-state index in [1.807, 2.05) is 0 Å². The highest BCUT2D eigenvalue weighted by Gasteiger charge is 2.60. The zero-order chi connectivity index (χ0) is 21.1. The van der Waals surface area contributed by atoms with Crippen molar-refractivity contribution >= 4 is 0 Å². The Morgan fingerprint density at radius 1 is 0.710 bits per heavy atom. The van der Waals surface area contributed by atoms with Gasteiger partial charge < -0.3 is 0 Å². The van der Waals surface area contributed by atoms with Gasteiger partial charge in [-0.1, -0.05) is 81.4 Å². The van der Waals surface area contributed by atoms with E-state index in [9.17, 15) is 0 Å². The smallest absolute Gasteiger partial charge is 0.00149 e. The van der Waals surface area contributed by atoms with Crippen LogP contribution in [0.25, 0.3) is 0 Å². The number of hydrogen-bond donors (Lipinski definition) is 0. The van der Waals surface area contributed by atoms with E-state index in [1.165, 1.54) is 89.9 Å². The Morgan fingerprint density at radius 3 is 1.84 bits per heavy atom. The quantitative estimate of drug-likeness (QED) is 0.291. The first-order valence-electron chi connectivity index (χ1n) is 14.0. The van der Waals surface area contributed by atoms with E-state index in [0.717, 1.165) is 35.5 Å². The molecule has 0 amide bonds. The lowest BCUT2D eigenvalue weighted by atomic mass is 9.53. The average molecular weight is 419 g/mol. The molecule has 5 atom stereocenters. The van der Waals surface area contributed by atoms with Crippen LogP contribution in [0.15, 0.2) is 43.0 Å². The third-order valence-corrected chi connectivity index (χ3v) is 10.5. The summed E-state index contributed by atoms with van der Waals surface area (Å²) in [6.45, 7) is 4.02. The van der Waals surface area contributed by atoms with Crippen LogP contribution in [0.3, 0.4) is 0 Å². The maximum atomic E-state index is 4.02. The lowest BCUT2D eigenvalue weighted by molar-refractivity contribution is 0.0575. The molecule has 0 saturated heterocycles. The Morgan fingerprint density at radius 2 is 1.26 bits per heavy atom. The summed E-state index contributed by atoms with van der Waals surface area (Å²) in [5.41, 5.74) is 2.18. The van der Waals surface area contributed by atoms with Crippen LogP contribution in [0.5, 0.6) is 0 Å². The third kappa shape index (κ3) is 3.95. The van der Waals surface area contributed by atoms with E-state index in [2.05, 4.69) is 43.0 Å². The molecule has 0 heteroatoms. The first-order chi connectivity index (χ1) is 15.4. The summed E-state index contributed by atoms with van der Waals surface area (Å²) in [4.78, 5) is 0. The van der Waals surface area contributed by atoms with Crippen LogP contribution in [0.2, 0.25) is 0 Å². The summed E-state index contributed by atoms with van der Waals surface area (Å²) in [5, 5.41) is 0. The first-order valence-corrected chi connectivity index (χ1v) is 14.0. The van der Waals surface area contributed by atoms with Crippen LogP contribution in [0, 0.1) is 35.5 Å². The second-order valence-corrected chi connectivity index (χ2v) is 11.7. The van der Waals surface area contributed by atoms with Crippen LogP contribution >= 0.6 is 0 Å². The van der Waals surface area contributed by atoms with E-state index in [-0.39, 0.29) is 0 Å². The van der Waals surface area contributed by atoms with Crippen molar-refractivity contribution in [3.8, 4) is 0 Å². The Hall–Kier alpha value is -1.04. The maximum Gasteiger partial charge on any atom is 0.00149 e. The fourth-order valence-electron chi connectivity index (χ4n) is 9.52. The molecule has 170 valence electrons. The monoisotopic (exact) mass is 418 g/mol. The van der Waals surface area contributed by atoms with Gasteiger partial charge in [-0.05, 0) is 98.9 Å². The van der Waals surface area contributed by atoms with E-state index in [1.54, 1.807) is 18.4 Å². The van der Waals surface area contributed by atoms with Crippen molar-refractivity contribution in [2.75, 3.05) is 0 Å². The zero-order valence-corrected chi connectivity index (χ0v) is 19.9. The number of unbranched alkanes of at least 4 members (excludes halogenated alkanes) is 2. The molecular formula is C31H46. The van der Waals surface area contributed by atoms with Crippen molar-refractivity contribution in [1.29, 1.82) is 0 Å². The standard InChI is InChI=1S/C31H46/c1-2-3-4-14-23-31(25-17-8-9-18-25,24-15-6-5-7-16-24)30-28-21-12-10-19-26(28)27-20-11-13-22-29(27)30/h2,5-7,15-16,25-30H,1,3-4,8-14,17-23H2/t26?,27?,28?,29?,30?,31-/m1/s1. The Labute approximate surface area is 192 Å². The summed E-state index contributed by atoms with van der Waals surface area (Å²) in [5.74, 6) is 6.02. The molecule has 4 aliphatic carbocycles. The van der Waals surface area contributed by atoms with Crippen molar-refractivity contribution in [2.24, 2.45) is 35.5 Å². The van der Waals surface area contributed by atoms with Gasteiger partial charge in [0.15, 0.2) is 0 Å². The molecule has 1 aromatic carbocycles. The molecule has 0 nitrogen and oxygen atoms in total. The molecule has 31 heavy (non-hydrogen) atoms. The fourth-order valence-corrected chi connectivity index (χ4v) is 9.52. The van der Waals surface area contributed by atoms with Crippen molar-refractivity contribution in [2.45, 2.75) is 108 Å². The highest BCUT2D eigenvalue weighted by Crippen LogP contribution is 2.66. The van der Waals surface area contributed by atoms with Crippen LogP contribution in [0.4, 0.5) is 0 Å². The molecule has 4 unspecified atom stereocenters. The molecule has 0 heterocycles. The molecule has 4 fully saturated rings. The lowest BCUT2D eigenvalue weighted by Gasteiger charge is -2.51. The Bertz CT molecular complexity index is 676. The van der Waals surface area contributed by atoms with Gasteiger partial charge in [-0.15, -0.1) is 6.58 Å². The minimum absolute atomic E-state index is 0.440. The molecule has 0 spiro atoms. The summed E-state index contributed by atoms with van der Waals surface area (Å²) >= 11 is 0. The fraction of sp³-hybridized carbons (Fsp3) is 0.742. The predicted octanol–water partition coefficient (Wildman–Crippen LogP) is 9.10. The molecule has 0 radical (unpaired) electrons. The van der Waals surface area contributed by atoms with Crippen LogP contribution in [0.1, 0.15) is 108 Å². The van der Waals surface area contributed by atoms with Crippen molar-refractivity contribution in [1.82, 2.24) is 0 Å². The summed E-state index contributed by atoms with van der Waals surface area (Å²) in [6.07, 6.45) is 25.6. The summed E-state index contributed by atoms with van der Waals surface area (Å²) < 4.78 is 0. The van der Waals surface area contributed by atoms with Crippen LogP contribution in [-0.2, 0) is 5.41 Å². The lowest BCUT2D eigenvalue weighted by Crippen LogP contribution is -2.47.